The zero-order valence-electron chi connectivity index (χ0n) is 18.8. The second-order valence-electron chi connectivity index (χ2n) is 7.69. The Morgan fingerprint density at radius 1 is 0.829 bits per heavy atom. The third-order valence-electron chi connectivity index (χ3n) is 5.37. The molecule has 0 saturated heterocycles. The number of benzene rings is 3. The number of hydrogen-bond donors (Lipinski definition) is 1. The second-order valence-corrected chi connectivity index (χ2v) is 8.12. The smallest absolute Gasteiger partial charge is 0.338 e. The molecule has 0 aliphatic heterocycles. The van der Waals surface area contributed by atoms with Gasteiger partial charge in [0.15, 0.2) is 5.78 Å². The lowest BCUT2D eigenvalue weighted by Crippen LogP contribution is -2.14. The molecule has 6 nitrogen and oxygen atoms in total. The monoisotopic (exact) mass is 484 g/mol. The number of carbonyl (C=O) groups is 3. The van der Waals surface area contributed by atoms with Gasteiger partial charge in [0, 0.05) is 28.3 Å². The van der Waals surface area contributed by atoms with Gasteiger partial charge in [0.1, 0.15) is 5.69 Å². The Morgan fingerprint density at radius 2 is 1.57 bits per heavy atom. The van der Waals surface area contributed by atoms with Gasteiger partial charge >= 0.3 is 5.97 Å². The number of carbonyl (C=O) groups excluding carboxylic acids is 3. The molecule has 0 spiro atoms. The summed E-state index contributed by atoms with van der Waals surface area (Å²) in [5, 5.41) is 3.91. The van der Waals surface area contributed by atoms with Gasteiger partial charge in [-0.25, -0.2) is 4.79 Å². The van der Waals surface area contributed by atoms with Gasteiger partial charge in [0.05, 0.1) is 24.6 Å². The van der Waals surface area contributed by atoms with E-state index in [9.17, 15) is 14.4 Å². The van der Waals surface area contributed by atoms with Crippen LogP contribution in [0, 0.1) is 0 Å². The van der Waals surface area contributed by atoms with Crippen molar-refractivity contribution in [2.24, 2.45) is 0 Å². The normalized spacial score (nSPS) is 10.5. The lowest BCUT2D eigenvalue weighted by atomic mass is 9.95. The van der Waals surface area contributed by atoms with Crippen LogP contribution in [0.4, 0.5) is 5.69 Å². The molecule has 1 heterocycles. The van der Waals surface area contributed by atoms with Gasteiger partial charge in [-0.3, -0.25) is 14.6 Å². The van der Waals surface area contributed by atoms with E-state index < -0.39 is 5.97 Å². The van der Waals surface area contributed by atoms with Gasteiger partial charge in [-0.1, -0.05) is 60.1 Å². The van der Waals surface area contributed by atoms with E-state index in [1.54, 1.807) is 48.7 Å². The van der Waals surface area contributed by atoms with Gasteiger partial charge in [-0.05, 0) is 42.0 Å². The summed E-state index contributed by atoms with van der Waals surface area (Å²) < 4.78 is 4.86. The molecule has 4 rings (SSSR count). The lowest BCUT2D eigenvalue weighted by molar-refractivity contribution is 0.0597. The summed E-state index contributed by atoms with van der Waals surface area (Å²) >= 11 is 5.91. The Hall–Kier alpha value is -4.29. The van der Waals surface area contributed by atoms with Gasteiger partial charge < -0.3 is 10.1 Å². The standard InChI is InChI=1S/C28H21ClN2O4/c1-35-28(34)24-15-20(9-13-23(24)26(32)19-5-3-2-4-6-19)27(33)25-14-12-22(17-31-25)30-16-18-7-10-21(29)11-8-18/h2-15,17,30H,16H2,1H3. The highest BCUT2D eigenvalue weighted by atomic mass is 35.5. The minimum atomic E-state index is -0.700. The summed E-state index contributed by atoms with van der Waals surface area (Å²) in [6, 6.07) is 23.8. The second kappa shape index (κ2) is 10.8. The van der Waals surface area contributed by atoms with Crippen LogP contribution >= 0.6 is 11.6 Å². The van der Waals surface area contributed by atoms with E-state index in [0.717, 1.165) is 11.3 Å². The first-order valence-corrected chi connectivity index (χ1v) is 11.2. The van der Waals surface area contributed by atoms with Crippen molar-refractivity contribution in [2.45, 2.75) is 6.54 Å². The van der Waals surface area contributed by atoms with Gasteiger partial charge in [-0.15, -0.1) is 0 Å². The maximum absolute atomic E-state index is 13.1. The molecule has 0 aliphatic carbocycles. The average Bonchev–Trinajstić information content (AvgIpc) is 2.92. The molecule has 0 fully saturated rings. The predicted molar refractivity (Wildman–Crippen MR) is 134 cm³/mol. The molecular weight excluding hydrogens is 464 g/mol. The molecule has 0 amide bonds. The number of anilines is 1. The highest BCUT2D eigenvalue weighted by molar-refractivity contribution is 6.30. The molecule has 0 saturated carbocycles. The molecule has 1 aromatic heterocycles. The number of aromatic nitrogens is 1. The molecule has 3 aromatic carbocycles. The maximum atomic E-state index is 13.1. The molecule has 7 heteroatoms. The van der Waals surface area contributed by atoms with Crippen molar-refractivity contribution in [3.8, 4) is 0 Å². The molecule has 0 unspecified atom stereocenters. The van der Waals surface area contributed by atoms with Crippen molar-refractivity contribution in [1.29, 1.82) is 0 Å². The number of esters is 1. The van der Waals surface area contributed by atoms with Crippen LogP contribution in [0.1, 0.15) is 47.9 Å². The number of nitrogens with zero attached hydrogens (tertiary/aromatic N) is 1. The Balaban J connectivity index is 1.54. The first kappa shape index (κ1) is 23.9. The number of pyridine rings is 1. The number of rotatable bonds is 8. The Kier molecular flexibility index (Phi) is 7.33. The quantitative estimate of drug-likeness (QED) is 0.259. The minimum absolute atomic E-state index is 0.0217. The van der Waals surface area contributed by atoms with Crippen LogP contribution < -0.4 is 5.32 Å². The van der Waals surface area contributed by atoms with Crippen molar-refractivity contribution in [3.05, 3.63) is 130 Å². The number of ketones is 2. The SMILES string of the molecule is COC(=O)c1cc(C(=O)c2ccc(NCc3ccc(Cl)cc3)cn2)ccc1C(=O)c1ccccc1. The highest BCUT2D eigenvalue weighted by Gasteiger charge is 2.22. The number of ether oxygens (including phenoxy) is 1. The molecule has 4 aromatic rings. The third-order valence-corrected chi connectivity index (χ3v) is 5.63. The topological polar surface area (TPSA) is 85.4 Å². The molecule has 0 atom stereocenters. The summed E-state index contributed by atoms with van der Waals surface area (Å²) in [6.07, 6.45) is 1.57. The van der Waals surface area contributed by atoms with E-state index in [2.05, 4.69) is 10.3 Å². The maximum Gasteiger partial charge on any atom is 0.338 e. The fourth-order valence-corrected chi connectivity index (χ4v) is 3.62. The zero-order chi connectivity index (χ0) is 24.8. The van der Waals surface area contributed by atoms with Crippen LogP contribution in [0.15, 0.2) is 91.1 Å². The Labute approximate surface area is 207 Å². The summed E-state index contributed by atoms with van der Waals surface area (Å²) in [7, 11) is 1.23. The number of methoxy groups -OCH3 is 1. The van der Waals surface area contributed by atoms with Crippen LogP contribution in [-0.4, -0.2) is 29.6 Å². The number of halogens is 1. The molecule has 0 bridgehead atoms. The van der Waals surface area contributed by atoms with Gasteiger partial charge in [0.25, 0.3) is 0 Å². The van der Waals surface area contributed by atoms with Gasteiger partial charge in [0.2, 0.25) is 5.78 Å². The minimum Gasteiger partial charge on any atom is -0.465 e. The van der Waals surface area contributed by atoms with Crippen molar-refractivity contribution in [1.82, 2.24) is 4.98 Å². The average molecular weight is 485 g/mol. The Morgan fingerprint density at radius 3 is 2.23 bits per heavy atom. The third kappa shape index (κ3) is 5.62. The summed E-state index contributed by atoms with van der Waals surface area (Å²) in [5.74, 6) is -1.41. The van der Waals surface area contributed by atoms with Crippen LogP contribution in [0.2, 0.25) is 5.02 Å². The highest BCUT2D eigenvalue weighted by Crippen LogP contribution is 2.20. The molecule has 0 aliphatic rings. The molecule has 0 radical (unpaired) electrons. The van der Waals surface area contributed by atoms with Crippen LogP contribution in [0.5, 0.6) is 0 Å². The lowest BCUT2D eigenvalue weighted by Gasteiger charge is -2.10. The van der Waals surface area contributed by atoms with E-state index >= 15 is 0 Å². The fourth-order valence-electron chi connectivity index (χ4n) is 3.49. The van der Waals surface area contributed by atoms with E-state index in [0.29, 0.717) is 17.1 Å². The Bertz CT molecular complexity index is 1370. The van der Waals surface area contributed by atoms with E-state index in [1.807, 2.05) is 24.3 Å². The van der Waals surface area contributed by atoms with Crippen molar-refractivity contribution in [3.63, 3.8) is 0 Å². The summed E-state index contributed by atoms with van der Waals surface area (Å²) in [5.41, 5.74) is 2.85. The first-order chi connectivity index (χ1) is 17.0. The summed E-state index contributed by atoms with van der Waals surface area (Å²) in [4.78, 5) is 42.7. The fraction of sp³-hybridized carbons (Fsp3) is 0.0714. The predicted octanol–water partition coefficient (Wildman–Crippen LogP) is 5.60. The van der Waals surface area contributed by atoms with Crippen LogP contribution in [-0.2, 0) is 11.3 Å². The molecule has 174 valence electrons. The van der Waals surface area contributed by atoms with Crippen molar-refractivity contribution >= 4 is 34.8 Å². The van der Waals surface area contributed by atoms with Gasteiger partial charge in [-0.2, -0.15) is 0 Å². The van der Waals surface area contributed by atoms with Crippen molar-refractivity contribution in [2.75, 3.05) is 12.4 Å². The first-order valence-electron chi connectivity index (χ1n) is 10.8. The molecule has 35 heavy (non-hydrogen) atoms. The molecule has 1 N–H and O–H groups in total. The number of hydrogen-bond acceptors (Lipinski definition) is 6. The van der Waals surface area contributed by atoms with Crippen LogP contribution in [0.3, 0.4) is 0 Å². The van der Waals surface area contributed by atoms with E-state index in [-0.39, 0.29) is 34.0 Å². The van der Waals surface area contributed by atoms with Crippen LogP contribution in [0.25, 0.3) is 0 Å². The largest absolute Gasteiger partial charge is 0.465 e. The van der Waals surface area contributed by atoms with E-state index in [1.165, 1.54) is 25.3 Å². The van der Waals surface area contributed by atoms with E-state index in [4.69, 9.17) is 16.3 Å². The number of nitrogens with one attached hydrogen (secondary N) is 1. The van der Waals surface area contributed by atoms with Crippen molar-refractivity contribution < 1.29 is 19.1 Å². The summed E-state index contributed by atoms with van der Waals surface area (Å²) in [6.45, 7) is 0.575. The zero-order valence-corrected chi connectivity index (χ0v) is 19.6. The molecular formula is C28H21ClN2O4.